The van der Waals surface area contributed by atoms with Gasteiger partial charge in [0.2, 0.25) is 0 Å². The topological polar surface area (TPSA) is 39.1 Å². The molecular formula is C12H10BrNO2S. The normalized spacial score (nSPS) is 10.5. The Morgan fingerprint density at radius 2 is 2.24 bits per heavy atom. The maximum absolute atomic E-state index is 12.0. The van der Waals surface area contributed by atoms with Crippen molar-refractivity contribution in [3.8, 4) is 0 Å². The van der Waals surface area contributed by atoms with Gasteiger partial charge < -0.3 is 0 Å². The molecule has 0 aliphatic rings. The Hall–Kier alpha value is -1.20. The van der Waals surface area contributed by atoms with Crippen molar-refractivity contribution >= 4 is 33.0 Å². The Kier molecular flexibility index (Phi) is 3.59. The highest BCUT2D eigenvalue weighted by molar-refractivity contribution is 9.10. The van der Waals surface area contributed by atoms with Crippen molar-refractivity contribution < 1.29 is 4.79 Å². The molecule has 0 bridgehead atoms. The summed E-state index contributed by atoms with van der Waals surface area (Å²) >= 11 is 4.44. The summed E-state index contributed by atoms with van der Waals surface area (Å²) in [7, 11) is 0. The number of carbonyl (C=O) groups excluding carboxylic acids is 1. The van der Waals surface area contributed by atoms with Gasteiger partial charge in [-0.05, 0) is 19.1 Å². The molecule has 1 aromatic heterocycles. The molecule has 0 unspecified atom stereocenters. The van der Waals surface area contributed by atoms with E-state index in [2.05, 4.69) is 15.9 Å². The molecule has 0 atom stereocenters. The molecule has 2 rings (SSSR count). The van der Waals surface area contributed by atoms with Crippen LogP contribution in [0.4, 0.5) is 0 Å². The Labute approximate surface area is 111 Å². The standard InChI is InChI=1S/C12H10BrNO2S/c1-8-7-17-12(16)14(8)6-11(15)9-3-2-4-10(13)5-9/h2-5,7H,6H2,1H3. The first-order chi connectivity index (χ1) is 8.08. The highest BCUT2D eigenvalue weighted by Crippen LogP contribution is 2.13. The molecule has 1 heterocycles. The van der Waals surface area contributed by atoms with Gasteiger partial charge in [0.25, 0.3) is 0 Å². The van der Waals surface area contributed by atoms with E-state index in [0.717, 1.165) is 21.5 Å². The third-order valence-electron chi connectivity index (χ3n) is 2.42. The Balaban J connectivity index is 2.26. The minimum atomic E-state index is -0.0918. The molecule has 5 heteroatoms. The Morgan fingerprint density at radius 3 is 2.82 bits per heavy atom. The van der Waals surface area contributed by atoms with E-state index in [1.807, 2.05) is 13.0 Å². The molecule has 0 saturated carbocycles. The molecule has 2 aromatic rings. The van der Waals surface area contributed by atoms with Crippen LogP contribution >= 0.6 is 27.3 Å². The van der Waals surface area contributed by atoms with E-state index in [0.29, 0.717) is 5.56 Å². The van der Waals surface area contributed by atoms with E-state index in [4.69, 9.17) is 0 Å². The molecule has 1 aromatic carbocycles. The minimum absolute atomic E-state index is 0.0603. The zero-order valence-corrected chi connectivity index (χ0v) is 11.5. The zero-order chi connectivity index (χ0) is 12.4. The van der Waals surface area contributed by atoms with E-state index in [1.165, 1.54) is 4.57 Å². The van der Waals surface area contributed by atoms with Crippen LogP contribution in [0, 0.1) is 6.92 Å². The highest BCUT2D eigenvalue weighted by atomic mass is 79.9. The fourth-order valence-corrected chi connectivity index (χ4v) is 2.63. The number of Topliss-reactive ketones (excluding diaryl/α,β-unsaturated/α-hetero) is 1. The average Bonchev–Trinajstić information content (AvgIpc) is 2.61. The van der Waals surface area contributed by atoms with E-state index < -0.39 is 0 Å². The molecule has 0 N–H and O–H groups in total. The molecule has 0 amide bonds. The zero-order valence-electron chi connectivity index (χ0n) is 9.14. The van der Waals surface area contributed by atoms with Crippen molar-refractivity contribution in [3.05, 3.63) is 55.0 Å². The van der Waals surface area contributed by atoms with Crippen LogP contribution in [0.5, 0.6) is 0 Å². The summed E-state index contributed by atoms with van der Waals surface area (Å²) in [6, 6.07) is 7.17. The van der Waals surface area contributed by atoms with E-state index >= 15 is 0 Å². The molecule has 0 aliphatic heterocycles. The van der Waals surface area contributed by atoms with Crippen LogP contribution in [0.1, 0.15) is 16.1 Å². The lowest BCUT2D eigenvalue weighted by molar-refractivity contribution is 0.0970. The van der Waals surface area contributed by atoms with Crippen LogP contribution in [0.15, 0.2) is 38.9 Å². The molecule has 0 saturated heterocycles. The second-order valence-corrected chi connectivity index (χ2v) is 5.40. The summed E-state index contributed by atoms with van der Waals surface area (Å²) in [5, 5.41) is 1.76. The molecule has 0 fully saturated rings. The molecule has 3 nitrogen and oxygen atoms in total. The summed E-state index contributed by atoms with van der Waals surface area (Å²) in [6.07, 6.45) is 0. The Morgan fingerprint density at radius 1 is 1.47 bits per heavy atom. The summed E-state index contributed by atoms with van der Waals surface area (Å²) in [5.74, 6) is -0.0603. The Bertz CT molecular complexity index is 615. The molecule has 0 spiro atoms. The van der Waals surface area contributed by atoms with Crippen molar-refractivity contribution in [1.29, 1.82) is 0 Å². The maximum atomic E-state index is 12.0. The monoisotopic (exact) mass is 311 g/mol. The SMILES string of the molecule is Cc1csc(=O)n1CC(=O)c1cccc(Br)c1. The van der Waals surface area contributed by atoms with Crippen molar-refractivity contribution in [3.63, 3.8) is 0 Å². The van der Waals surface area contributed by atoms with E-state index in [-0.39, 0.29) is 17.2 Å². The molecule has 88 valence electrons. The van der Waals surface area contributed by atoms with Gasteiger partial charge in [0.15, 0.2) is 5.78 Å². The predicted octanol–water partition coefficient (Wildman–Crippen LogP) is 2.86. The van der Waals surface area contributed by atoms with Crippen LogP contribution in [-0.2, 0) is 6.54 Å². The number of rotatable bonds is 3. The number of nitrogens with zero attached hydrogens (tertiary/aromatic N) is 1. The van der Waals surface area contributed by atoms with Crippen molar-refractivity contribution in [2.75, 3.05) is 0 Å². The fraction of sp³-hybridized carbons (Fsp3) is 0.167. The summed E-state index contributed by atoms with van der Waals surface area (Å²) in [4.78, 5) is 23.4. The van der Waals surface area contributed by atoms with Gasteiger partial charge in [-0.25, -0.2) is 0 Å². The van der Waals surface area contributed by atoms with E-state index in [1.54, 1.807) is 23.6 Å². The fourth-order valence-electron chi connectivity index (χ4n) is 1.49. The van der Waals surface area contributed by atoms with Gasteiger partial charge in [-0.3, -0.25) is 14.2 Å². The number of benzene rings is 1. The number of thiazole rings is 1. The van der Waals surface area contributed by atoms with Crippen LogP contribution in [-0.4, -0.2) is 10.4 Å². The lowest BCUT2D eigenvalue weighted by Crippen LogP contribution is -2.20. The van der Waals surface area contributed by atoms with Crippen LogP contribution < -0.4 is 4.87 Å². The van der Waals surface area contributed by atoms with Gasteiger partial charge in [-0.1, -0.05) is 39.4 Å². The largest absolute Gasteiger partial charge is 0.307 e. The number of hydrogen-bond donors (Lipinski definition) is 0. The average molecular weight is 312 g/mol. The second kappa shape index (κ2) is 4.98. The number of aryl methyl sites for hydroxylation is 1. The first kappa shape index (κ1) is 12.3. The lowest BCUT2D eigenvalue weighted by Gasteiger charge is -2.04. The number of carbonyl (C=O) groups is 1. The number of halogens is 1. The number of ketones is 1. The lowest BCUT2D eigenvalue weighted by atomic mass is 10.1. The first-order valence-electron chi connectivity index (χ1n) is 5.01. The predicted molar refractivity (Wildman–Crippen MR) is 71.8 cm³/mol. The first-order valence-corrected chi connectivity index (χ1v) is 6.69. The van der Waals surface area contributed by atoms with Gasteiger partial charge in [0.05, 0.1) is 6.54 Å². The van der Waals surface area contributed by atoms with Gasteiger partial charge in [-0.2, -0.15) is 0 Å². The molecule has 0 radical (unpaired) electrons. The number of aromatic nitrogens is 1. The third kappa shape index (κ3) is 2.73. The maximum Gasteiger partial charge on any atom is 0.307 e. The van der Waals surface area contributed by atoms with Crippen LogP contribution in [0.25, 0.3) is 0 Å². The smallest absolute Gasteiger partial charge is 0.296 e. The van der Waals surface area contributed by atoms with Crippen LogP contribution in [0.2, 0.25) is 0 Å². The summed E-state index contributed by atoms with van der Waals surface area (Å²) < 4.78 is 2.35. The second-order valence-electron chi connectivity index (χ2n) is 3.66. The molecule has 17 heavy (non-hydrogen) atoms. The van der Waals surface area contributed by atoms with Crippen molar-refractivity contribution in [2.24, 2.45) is 0 Å². The highest BCUT2D eigenvalue weighted by Gasteiger charge is 2.10. The van der Waals surface area contributed by atoms with Gasteiger partial charge in [0.1, 0.15) is 0 Å². The van der Waals surface area contributed by atoms with Gasteiger partial charge in [-0.15, -0.1) is 0 Å². The van der Waals surface area contributed by atoms with Gasteiger partial charge in [0, 0.05) is 21.1 Å². The minimum Gasteiger partial charge on any atom is -0.296 e. The summed E-state index contributed by atoms with van der Waals surface area (Å²) in [5.41, 5.74) is 1.43. The number of hydrogen-bond acceptors (Lipinski definition) is 3. The molecule has 0 aliphatic carbocycles. The van der Waals surface area contributed by atoms with Crippen LogP contribution in [0.3, 0.4) is 0 Å². The third-order valence-corrected chi connectivity index (χ3v) is 3.80. The van der Waals surface area contributed by atoms with Crippen molar-refractivity contribution in [2.45, 2.75) is 13.5 Å². The van der Waals surface area contributed by atoms with Gasteiger partial charge >= 0.3 is 4.87 Å². The summed E-state index contributed by atoms with van der Waals surface area (Å²) in [6.45, 7) is 1.93. The quantitative estimate of drug-likeness (QED) is 0.818. The van der Waals surface area contributed by atoms with E-state index in [9.17, 15) is 9.59 Å². The van der Waals surface area contributed by atoms with Crippen molar-refractivity contribution in [1.82, 2.24) is 4.57 Å². The molecular weight excluding hydrogens is 302 g/mol.